The molecule has 3 aromatic carbocycles. The first kappa shape index (κ1) is 22.8. The Morgan fingerprint density at radius 3 is 2.32 bits per heavy atom. The van der Waals surface area contributed by atoms with Gasteiger partial charge in [0, 0.05) is 17.3 Å². The number of para-hydroxylation sites is 1. The van der Waals surface area contributed by atoms with Crippen LogP contribution in [0, 0.1) is 25.2 Å². The van der Waals surface area contributed by atoms with E-state index in [2.05, 4.69) is 24.4 Å². The van der Waals surface area contributed by atoms with Crippen LogP contribution in [-0.2, 0) is 4.79 Å². The summed E-state index contributed by atoms with van der Waals surface area (Å²) in [6, 6.07) is 27.4. The van der Waals surface area contributed by atoms with Gasteiger partial charge >= 0.3 is 0 Å². The van der Waals surface area contributed by atoms with E-state index in [-0.39, 0.29) is 11.6 Å². The number of aryl methyl sites for hydroxylation is 2. The molecule has 1 amide bonds. The van der Waals surface area contributed by atoms with Gasteiger partial charge in [0.15, 0.2) is 0 Å². The summed E-state index contributed by atoms with van der Waals surface area (Å²) in [5.41, 5.74) is 6.58. The number of benzene rings is 3. The molecule has 1 unspecified atom stereocenters. The topological polar surface area (TPSA) is 70.7 Å². The molecule has 0 fully saturated rings. The zero-order chi connectivity index (χ0) is 24.1. The number of amides is 1. The molecular weight excluding hydrogens is 420 g/mol. The molecule has 5 nitrogen and oxygen atoms in total. The maximum absolute atomic E-state index is 13.0. The normalized spacial score (nSPS) is 12.1. The maximum atomic E-state index is 13.0. The van der Waals surface area contributed by atoms with Crippen molar-refractivity contribution >= 4 is 12.0 Å². The second-order valence-corrected chi connectivity index (χ2v) is 8.29. The van der Waals surface area contributed by atoms with Crippen LogP contribution < -0.4 is 5.32 Å². The minimum absolute atomic E-state index is 0.0282. The number of hydrogen-bond acceptors (Lipinski definition) is 3. The van der Waals surface area contributed by atoms with Crippen LogP contribution >= 0.6 is 0 Å². The van der Waals surface area contributed by atoms with Crippen molar-refractivity contribution in [1.29, 1.82) is 5.26 Å². The van der Waals surface area contributed by atoms with Crippen molar-refractivity contribution in [3.63, 3.8) is 0 Å². The van der Waals surface area contributed by atoms with Gasteiger partial charge in [-0.1, -0.05) is 66.7 Å². The SMILES string of the molecule is Cc1ccc(C(C)NC(=O)C(C#N)=Cc2cn(-c3ccccc3)nc2-c2ccccc2)cc1C. The van der Waals surface area contributed by atoms with Gasteiger partial charge in [0.1, 0.15) is 11.6 Å². The van der Waals surface area contributed by atoms with Crippen molar-refractivity contribution in [1.82, 2.24) is 15.1 Å². The van der Waals surface area contributed by atoms with E-state index in [0.717, 1.165) is 22.4 Å². The molecule has 1 N–H and O–H groups in total. The number of nitrogens with zero attached hydrogens (tertiary/aromatic N) is 3. The summed E-state index contributed by atoms with van der Waals surface area (Å²) >= 11 is 0. The van der Waals surface area contributed by atoms with Gasteiger partial charge in [-0.05, 0) is 55.7 Å². The van der Waals surface area contributed by atoms with E-state index in [4.69, 9.17) is 5.10 Å². The lowest BCUT2D eigenvalue weighted by Crippen LogP contribution is -2.27. The highest BCUT2D eigenvalue weighted by atomic mass is 16.1. The van der Waals surface area contributed by atoms with E-state index >= 15 is 0 Å². The van der Waals surface area contributed by atoms with Crippen LogP contribution in [0.2, 0.25) is 0 Å². The Morgan fingerprint density at radius 1 is 1.00 bits per heavy atom. The van der Waals surface area contributed by atoms with E-state index in [1.807, 2.05) is 92.8 Å². The minimum Gasteiger partial charge on any atom is -0.345 e. The molecule has 0 saturated heterocycles. The van der Waals surface area contributed by atoms with Crippen molar-refractivity contribution < 1.29 is 4.79 Å². The van der Waals surface area contributed by atoms with E-state index in [0.29, 0.717) is 11.3 Å². The Morgan fingerprint density at radius 2 is 1.68 bits per heavy atom. The fraction of sp³-hybridized carbons (Fsp3) is 0.138. The highest BCUT2D eigenvalue weighted by Gasteiger charge is 2.17. The van der Waals surface area contributed by atoms with Crippen LogP contribution in [0.4, 0.5) is 0 Å². The van der Waals surface area contributed by atoms with Crippen molar-refractivity contribution in [2.24, 2.45) is 0 Å². The molecule has 0 bridgehead atoms. The van der Waals surface area contributed by atoms with Crippen LogP contribution in [0.3, 0.4) is 0 Å². The van der Waals surface area contributed by atoms with Gasteiger partial charge in [-0.3, -0.25) is 4.79 Å². The highest BCUT2D eigenvalue weighted by Crippen LogP contribution is 2.26. The molecule has 34 heavy (non-hydrogen) atoms. The monoisotopic (exact) mass is 446 g/mol. The zero-order valence-corrected chi connectivity index (χ0v) is 19.5. The third kappa shape index (κ3) is 4.97. The van der Waals surface area contributed by atoms with Gasteiger partial charge in [0.25, 0.3) is 5.91 Å². The molecular formula is C29H26N4O. The van der Waals surface area contributed by atoms with Gasteiger partial charge < -0.3 is 5.32 Å². The van der Waals surface area contributed by atoms with Gasteiger partial charge in [-0.25, -0.2) is 4.68 Å². The van der Waals surface area contributed by atoms with Gasteiger partial charge in [-0.2, -0.15) is 10.4 Å². The number of aromatic nitrogens is 2. The Bertz CT molecular complexity index is 1380. The molecule has 4 rings (SSSR count). The van der Waals surface area contributed by atoms with E-state index < -0.39 is 5.91 Å². The lowest BCUT2D eigenvalue weighted by molar-refractivity contribution is -0.117. The van der Waals surface area contributed by atoms with Crippen molar-refractivity contribution in [3.05, 3.63) is 113 Å². The molecule has 168 valence electrons. The van der Waals surface area contributed by atoms with Crippen LogP contribution in [0.5, 0.6) is 0 Å². The first-order valence-electron chi connectivity index (χ1n) is 11.2. The number of carbonyl (C=O) groups excluding carboxylic acids is 1. The van der Waals surface area contributed by atoms with Crippen molar-refractivity contribution in [2.45, 2.75) is 26.8 Å². The van der Waals surface area contributed by atoms with E-state index in [9.17, 15) is 10.1 Å². The second-order valence-electron chi connectivity index (χ2n) is 8.29. The summed E-state index contributed by atoms with van der Waals surface area (Å²) in [4.78, 5) is 13.0. The van der Waals surface area contributed by atoms with E-state index in [1.54, 1.807) is 10.8 Å². The average Bonchev–Trinajstić information content (AvgIpc) is 3.29. The molecule has 0 aliphatic rings. The molecule has 0 radical (unpaired) electrons. The van der Waals surface area contributed by atoms with Gasteiger partial charge in [0.05, 0.1) is 17.4 Å². The quantitative estimate of drug-likeness (QED) is 0.294. The molecule has 0 saturated carbocycles. The summed E-state index contributed by atoms with van der Waals surface area (Å²) in [6.45, 7) is 6.02. The van der Waals surface area contributed by atoms with Crippen molar-refractivity contribution in [2.75, 3.05) is 0 Å². The molecule has 1 aromatic heterocycles. The number of rotatable bonds is 6. The summed E-state index contributed by atoms with van der Waals surface area (Å²) in [7, 11) is 0. The molecule has 0 spiro atoms. The average molecular weight is 447 g/mol. The van der Waals surface area contributed by atoms with Crippen LogP contribution in [0.1, 0.15) is 35.2 Å². The molecule has 5 heteroatoms. The van der Waals surface area contributed by atoms with Gasteiger partial charge in [-0.15, -0.1) is 0 Å². The molecule has 4 aromatic rings. The fourth-order valence-corrected chi connectivity index (χ4v) is 3.72. The molecule has 0 aliphatic carbocycles. The third-order valence-electron chi connectivity index (χ3n) is 5.85. The largest absolute Gasteiger partial charge is 0.345 e. The summed E-state index contributed by atoms with van der Waals surface area (Å²) in [6.07, 6.45) is 3.45. The number of hydrogen-bond donors (Lipinski definition) is 1. The second kappa shape index (κ2) is 10.0. The summed E-state index contributed by atoms with van der Waals surface area (Å²) in [5.74, 6) is -0.417. The lowest BCUT2D eigenvalue weighted by Gasteiger charge is -2.15. The Labute approximate surface area is 200 Å². The predicted molar refractivity (Wildman–Crippen MR) is 135 cm³/mol. The maximum Gasteiger partial charge on any atom is 0.262 e. The molecule has 1 atom stereocenters. The first-order chi connectivity index (χ1) is 16.5. The lowest BCUT2D eigenvalue weighted by atomic mass is 10.0. The van der Waals surface area contributed by atoms with Crippen LogP contribution in [0.25, 0.3) is 23.0 Å². The molecule has 0 aliphatic heterocycles. The summed E-state index contributed by atoms with van der Waals surface area (Å²) in [5, 5.41) is 17.5. The third-order valence-corrected chi connectivity index (χ3v) is 5.85. The fourth-order valence-electron chi connectivity index (χ4n) is 3.72. The standard InChI is InChI=1S/C29H26N4O/c1-20-14-15-24(16-21(20)2)22(3)31-29(34)25(18-30)17-26-19-33(27-12-8-5-9-13-27)32-28(26)23-10-6-4-7-11-23/h4-17,19,22H,1-3H3,(H,31,34). The highest BCUT2D eigenvalue weighted by molar-refractivity contribution is 6.02. The minimum atomic E-state index is -0.417. The number of carbonyl (C=O) groups is 1. The Hall–Kier alpha value is -4.43. The Balaban J connectivity index is 1.68. The van der Waals surface area contributed by atoms with Gasteiger partial charge in [0.2, 0.25) is 0 Å². The number of nitriles is 1. The zero-order valence-electron chi connectivity index (χ0n) is 19.5. The Kier molecular flexibility index (Phi) is 6.70. The summed E-state index contributed by atoms with van der Waals surface area (Å²) < 4.78 is 1.76. The smallest absolute Gasteiger partial charge is 0.262 e. The van der Waals surface area contributed by atoms with Crippen LogP contribution in [-0.4, -0.2) is 15.7 Å². The number of nitrogens with one attached hydrogen (secondary N) is 1. The first-order valence-corrected chi connectivity index (χ1v) is 11.2. The van der Waals surface area contributed by atoms with E-state index in [1.165, 1.54) is 5.56 Å². The van der Waals surface area contributed by atoms with Crippen LogP contribution in [0.15, 0.2) is 90.6 Å². The van der Waals surface area contributed by atoms with Crippen molar-refractivity contribution in [3.8, 4) is 23.0 Å². The molecule has 1 heterocycles. The predicted octanol–water partition coefficient (Wildman–Crippen LogP) is 5.94.